The van der Waals surface area contributed by atoms with Crippen LogP contribution >= 0.6 is 12.4 Å². The van der Waals surface area contributed by atoms with E-state index in [9.17, 15) is 4.79 Å². The molecule has 0 spiro atoms. The van der Waals surface area contributed by atoms with Crippen molar-refractivity contribution in [1.29, 1.82) is 0 Å². The van der Waals surface area contributed by atoms with Crippen LogP contribution in [0.2, 0.25) is 0 Å². The van der Waals surface area contributed by atoms with E-state index in [0.29, 0.717) is 32.1 Å². The van der Waals surface area contributed by atoms with Gasteiger partial charge in [0.1, 0.15) is 0 Å². The Hall–Kier alpha value is -0.320. The van der Waals surface area contributed by atoms with Crippen molar-refractivity contribution in [3.63, 3.8) is 0 Å². The van der Waals surface area contributed by atoms with E-state index in [-0.39, 0.29) is 24.4 Å². The molecule has 104 valence electrons. The molecule has 1 atom stereocenters. The zero-order chi connectivity index (χ0) is 12.4. The summed E-state index contributed by atoms with van der Waals surface area (Å²) >= 11 is 0. The first-order chi connectivity index (χ1) is 7.60. The predicted molar refractivity (Wildman–Crippen MR) is 73.4 cm³/mol. The van der Waals surface area contributed by atoms with Crippen molar-refractivity contribution < 1.29 is 9.53 Å². The van der Waals surface area contributed by atoms with Gasteiger partial charge in [0.05, 0.1) is 0 Å². The Bertz CT molecular complexity index is 189. The number of nitrogens with two attached hydrogens (primary N) is 1. The Kier molecular flexibility index (Phi) is 13.6. The second-order valence-corrected chi connectivity index (χ2v) is 4.43. The third kappa shape index (κ3) is 11.9. The number of rotatable bonds is 9. The molecule has 3 N–H and O–H groups in total. The summed E-state index contributed by atoms with van der Waals surface area (Å²) in [6.45, 7) is 8.08. The third-order valence-electron chi connectivity index (χ3n) is 2.30. The zero-order valence-electron chi connectivity index (χ0n) is 11.2. The lowest BCUT2D eigenvalue weighted by Gasteiger charge is -2.18. The first kappa shape index (κ1) is 19.0. The Morgan fingerprint density at radius 1 is 1.41 bits per heavy atom. The van der Waals surface area contributed by atoms with Crippen LogP contribution in [0, 0.1) is 5.92 Å². The molecule has 0 aromatic carbocycles. The molecular formula is C12H27ClN2O2. The Labute approximate surface area is 111 Å². The molecule has 1 unspecified atom stereocenters. The summed E-state index contributed by atoms with van der Waals surface area (Å²) in [7, 11) is 0. The standard InChI is InChI=1S/C12H26N2O2.ClH/c1-4-16-7-5-6-12(15)14-11(9-13)8-10(2)3;/h10-11H,4-9,13H2,1-3H3,(H,14,15);1H. The maximum atomic E-state index is 11.5. The van der Waals surface area contributed by atoms with Crippen LogP contribution in [-0.2, 0) is 9.53 Å². The molecule has 0 aromatic rings. The SMILES string of the molecule is CCOCCCC(=O)NC(CN)CC(C)C.Cl. The summed E-state index contributed by atoms with van der Waals surface area (Å²) in [6.07, 6.45) is 2.24. The van der Waals surface area contributed by atoms with E-state index in [1.54, 1.807) is 0 Å². The van der Waals surface area contributed by atoms with E-state index in [0.717, 1.165) is 12.8 Å². The van der Waals surface area contributed by atoms with Crippen LogP contribution in [0.15, 0.2) is 0 Å². The van der Waals surface area contributed by atoms with E-state index in [4.69, 9.17) is 10.5 Å². The summed E-state index contributed by atoms with van der Waals surface area (Å²) in [5.74, 6) is 0.632. The van der Waals surface area contributed by atoms with Gasteiger partial charge in [-0.05, 0) is 25.7 Å². The van der Waals surface area contributed by atoms with Crippen molar-refractivity contribution >= 4 is 18.3 Å². The zero-order valence-corrected chi connectivity index (χ0v) is 12.0. The van der Waals surface area contributed by atoms with Crippen molar-refractivity contribution in [1.82, 2.24) is 5.32 Å². The predicted octanol–water partition coefficient (Wildman–Crippen LogP) is 1.71. The molecular weight excluding hydrogens is 240 g/mol. The molecule has 0 saturated carbocycles. The van der Waals surface area contributed by atoms with Gasteiger partial charge in [-0.25, -0.2) is 0 Å². The lowest BCUT2D eigenvalue weighted by atomic mass is 10.0. The first-order valence-electron chi connectivity index (χ1n) is 6.17. The van der Waals surface area contributed by atoms with Gasteiger partial charge in [0.25, 0.3) is 0 Å². The number of hydrogen-bond donors (Lipinski definition) is 2. The molecule has 17 heavy (non-hydrogen) atoms. The molecule has 0 fully saturated rings. The normalized spacial score (nSPS) is 12.1. The van der Waals surface area contributed by atoms with Crippen LogP contribution in [0.3, 0.4) is 0 Å². The average Bonchev–Trinajstić information content (AvgIpc) is 2.23. The largest absolute Gasteiger partial charge is 0.382 e. The molecule has 0 aliphatic heterocycles. The lowest BCUT2D eigenvalue weighted by Crippen LogP contribution is -2.41. The molecule has 0 heterocycles. The van der Waals surface area contributed by atoms with Crippen LogP contribution in [-0.4, -0.2) is 31.7 Å². The van der Waals surface area contributed by atoms with Gasteiger partial charge in [-0.15, -0.1) is 12.4 Å². The van der Waals surface area contributed by atoms with E-state index in [1.165, 1.54) is 0 Å². The smallest absolute Gasteiger partial charge is 0.220 e. The summed E-state index contributed by atoms with van der Waals surface area (Å²) in [6, 6.07) is 0.111. The molecule has 0 saturated heterocycles. The highest BCUT2D eigenvalue weighted by atomic mass is 35.5. The minimum atomic E-state index is 0. The molecule has 0 aromatic heterocycles. The quantitative estimate of drug-likeness (QED) is 0.625. The summed E-state index contributed by atoms with van der Waals surface area (Å²) < 4.78 is 5.18. The molecule has 0 bridgehead atoms. The number of nitrogens with one attached hydrogen (secondary N) is 1. The summed E-state index contributed by atoms with van der Waals surface area (Å²) in [5, 5.41) is 2.96. The van der Waals surface area contributed by atoms with Crippen molar-refractivity contribution in [2.24, 2.45) is 11.7 Å². The van der Waals surface area contributed by atoms with Gasteiger partial charge in [0, 0.05) is 32.2 Å². The highest BCUT2D eigenvalue weighted by Gasteiger charge is 2.11. The van der Waals surface area contributed by atoms with Gasteiger partial charge in [0.15, 0.2) is 0 Å². The van der Waals surface area contributed by atoms with Crippen molar-refractivity contribution in [2.75, 3.05) is 19.8 Å². The molecule has 0 rings (SSSR count). The summed E-state index contributed by atoms with van der Waals surface area (Å²) in [4.78, 5) is 11.5. The van der Waals surface area contributed by atoms with Gasteiger partial charge in [0.2, 0.25) is 5.91 Å². The number of ether oxygens (including phenoxy) is 1. The fourth-order valence-electron chi connectivity index (χ4n) is 1.56. The molecule has 5 heteroatoms. The number of carbonyl (C=O) groups excluding carboxylic acids is 1. The molecule has 0 aliphatic carbocycles. The first-order valence-corrected chi connectivity index (χ1v) is 6.17. The highest BCUT2D eigenvalue weighted by molar-refractivity contribution is 5.85. The number of carbonyl (C=O) groups is 1. The summed E-state index contributed by atoms with van der Waals surface area (Å²) in [5.41, 5.74) is 5.61. The highest BCUT2D eigenvalue weighted by Crippen LogP contribution is 2.04. The van der Waals surface area contributed by atoms with Gasteiger partial charge < -0.3 is 15.8 Å². The van der Waals surface area contributed by atoms with Gasteiger partial charge >= 0.3 is 0 Å². The minimum Gasteiger partial charge on any atom is -0.382 e. The Balaban J connectivity index is 0. The van der Waals surface area contributed by atoms with Gasteiger partial charge in [-0.3, -0.25) is 4.79 Å². The van der Waals surface area contributed by atoms with Crippen molar-refractivity contribution in [3.8, 4) is 0 Å². The second-order valence-electron chi connectivity index (χ2n) is 4.43. The van der Waals surface area contributed by atoms with E-state index >= 15 is 0 Å². The lowest BCUT2D eigenvalue weighted by molar-refractivity contribution is -0.122. The molecule has 4 nitrogen and oxygen atoms in total. The minimum absolute atomic E-state index is 0. The van der Waals surface area contributed by atoms with Gasteiger partial charge in [-0.1, -0.05) is 13.8 Å². The Morgan fingerprint density at radius 2 is 2.06 bits per heavy atom. The second kappa shape index (κ2) is 12.1. The fraction of sp³-hybridized carbons (Fsp3) is 0.917. The van der Waals surface area contributed by atoms with Crippen LogP contribution in [0.25, 0.3) is 0 Å². The molecule has 0 radical (unpaired) electrons. The van der Waals surface area contributed by atoms with E-state index < -0.39 is 0 Å². The monoisotopic (exact) mass is 266 g/mol. The van der Waals surface area contributed by atoms with E-state index in [1.807, 2.05) is 6.92 Å². The molecule has 0 aliphatic rings. The van der Waals surface area contributed by atoms with Gasteiger partial charge in [-0.2, -0.15) is 0 Å². The Morgan fingerprint density at radius 3 is 2.53 bits per heavy atom. The van der Waals surface area contributed by atoms with Crippen molar-refractivity contribution in [2.45, 2.75) is 46.1 Å². The maximum absolute atomic E-state index is 11.5. The average molecular weight is 267 g/mol. The van der Waals surface area contributed by atoms with Crippen LogP contribution in [0.1, 0.15) is 40.0 Å². The van der Waals surface area contributed by atoms with Crippen LogP contribution in [0.5, 0.6) is 0 Å². The van der Waals surface area contributed by atoms with E-state index in [2.05, 4.69) is 19.2 Å². The van der Waals surface area contributed by atoms with Crippen molar-refractivity contribution in [3.05, 3.63) is 0 Å². The molecule has 1 amide bonds. The topological polar surface area (TPSA) is 64.3 Å². The maximum Gasteiger partial charge on any atom is 0.220 e. The van der Waals surface area contributed by atoms with Crippen LogP contribution in [0.4, 0.5) is 0 Å². The van der Waals surface area contributed by atoms with Crippen LogP contribution < -0.4 is 11.1 Å². The fourth-order valence-corrected chi connectivity index (χ4v) is 1.56. The number of amides is 1. The third-order valence-corrected chi connectivity index (χ3v) is 2.30. The number of hydrogen-bond acceptors (Lipinski definition) is 3. The number of halogens is 1.